The Morgan fingerprint density at radius 3 is 2.56 bits per heavy atom. The quantitative estimate of drug-likeness (QED) is 0.517. The Morgan fingerprint density at radius 1 is 0.963 bits per heavy atom. The zero-order chi connectivity index (χ0) is 19.0. The number of fused-ring (bicyclic) bond motifs is 1. The Morgan fingerprint density at radius 2 is 1.74 bits per heavy atom. The fourth-order valence-corrected chi connectivity index (χ4v) is 3.37. The minimum absolute atomic E-state index is 0.0997. The molecule has 0 fully saturated rings. The number of aryl methyl sites for hydroxylation is 3. The highest BCUT2D eigenvalue weighted by Gasteiger charge is 2.12. The van der Waals surface area contributed by atoms with E-state index >= 15 is 0 Å². The lowest BCUT2D eigenvalue weighted by Crippen LogP contribution is -2.17. The molecule has 0 radical (unpaired) electrons. The van der Waals surface area contributed by atoms with Gasteiger partial charge in [-0.2, -0.15) is 0 Å². The summed E-state index contributed by atoms with van der Waals surface area (Å²) in [4.78, 5) is 17.6. The van der Waals surface area contributed by atoms with E-state index in [1.165, 1.54) is 5.56 Å². The number of hydrogen-bond acceptors (Lipinski definition) is 2. The predicted octanol–water partition coefficient (Wildman–Crippen LogP) is 4.99. The van der Waals surface area contributed by atoms with Crippen LogP contribution in [0.5, 0.6) is 0 Å². The summed E-state index contributed by atoms with van der Waals surface area (Å²) in [6.07, 6.45) is 1.66. The summed E-state index contributed by atoms with van der Waals surface area (Å²) >= 11 is 0. The van der Waals surface area contributed by atoms with Crippen LogP contribution in [-0.4, -0.2) is 16.0 Å². The molecule has 0 saturated carbocycles. The normalized spacial score (nSPS) is 11.5. The van der Waals surface area contributed by atoms with E-state index in [0.717, 1.165) is 33.4 Å². The van der Waals surface area contributed by atoms with Gasteiger partial charge in [-0.15, -0.1) is 0 Å². The van der Waals surface area contributed by atoms with E-state index in [2.05, 4.69) is 23.1 Å². The zero-order valence-electron chi connectivity index (χ0n) is 15.7. The van der Waals surface area contributed by atoms with Crippen molar-refractivity contribution >= 4 is 22.7 Å². The molecule has 4 rings (SSSR count). The number of nitrogens with zero attached hydrogens (tertiary/aromatic N) is 2. The SMILES string of the molecule is Cc1ccc(N=Cc2c(C)[nH]n(-c3cccc4ccccc34)c2=O)c(C)c1. The first-order chi connectivity index (χ1) is 13.0. The first kappa shape index (κ1) is 17.0. The molecule has 0 spiro atoms. The zero-order valence-corrected chi connectivity index (χ0v) is 15.7. The lowest BCUT2D eigenvalue weighted by molar-refractivity contribution is 0.841. The van der Waals surface area contributed by atoms with Crippen LogP contribution in [0.2, 0.25) is 0 Å². The third-order valence-corrected chi connectivity index (χ3v) is 4.81. The highest BCUT2D eigenvalue weighted by molar-refractivity contribution is 5.90. The van der Waals surface area contributed by atoms with Gasteiger partial charge in [-0.25, -0.2) is 4.68 Å². The third kappa shape index (κ3) is 3.10. The Labute approximate surface area is 157 Å². The van der Waals surface area contributed by atoms with Gasteiger partial charge < -0.3 is 0 Å². The van der Waals surface area contributed by atoms with E-state index in [0.29, 0.717) is 5.56 Å². The number of H-pyrrole nitrogens is 1. The van der Waals surface area contributed by atoms with Crippen molar-refractivity contribution in [1.29, 1.82) is 0 Å². The molecule has 0 aliphatic rings. The first-order valence-corrected chi connectivity index (χ1v) is 8.95. The fourth-order valence-electron chi connectivity index (χ4n) is 3.37. The largest absolute Gasteiger partial charge is 0.295 e. The highest BCUT2D eigenvalue weighted by Crippen LogP contribution is 2.22. The van der Waals surface area contributed by atoms with Gasteiger partial charge in [0.05, 0.1) is 16.9 Å². The van der Waals surface area contributed by atoms with Crippen LogP contribution >= 0.6 is 0 Å². The van der Waals surface area contributed by atoms with E-state index < -0.39 is 0 Å². The van der Waals surface area contributed by atoms with Crippen molar-refractivity contribution in [1.82, 2.24) is 9.78 Å². The molecule has 1 N–H and O–H groups in total. The maximum Gasteiger partial charge on any atom is 0.280 e. The van der Waals surface area contributed by atoms with Gasteiger partial charge in [0, 0.05) is 17.3 Å². The van der Waals surface area contributed by atoms with Crippen molar-refractivity contribution in [2.45, 2.75) is 20.8 Å². The Kier molecular flexibility index (Phi) is 4.24. The molecule has 1 heterocycles. The Balaban J connectivity index is 1.80. The number of aromatic nitrogens is 2. The number of rotatable bonds is 3. The molecule has 1 aromatic heterocycles. The van der Waals surface area contributed by atoms with E-state index in [1.54, 1.807) is 10.9 Å². The van der Waals surface area contributed by atoms with Crippen LogP contribution in [0.25, 0.3) is 16.5 Å². The molecule has 3 aromatic carbocycles. The van der Waals surface area contributed by atoms with Gasteiger partial charge in [0.25, 0.3) is 5.56 Å². The average Bonchev–Trinajstić information content (AvgIpc) is 2.94. The number of benzene rings is 3. The van der Waals surface area contributed by atoms with Crippen molar-refractivity contribution in [3.05, 3.63) is 93.4 Å². The lowest BCUT2D eigenvalue weighted by Gasteiger charge is -2.06. The van der Waals surface area contributed by atoms with Crippen LogP contribution in [0.3, 0.4) is 0 Å². The van der Waals surface area contributed by atoms with E-state index in [9.17, 15) is 4.79 Å². The first-order valence-electron chi connectivity index (χ1n) is 8.95. The van der Waals surface area contributed by atoms with Crippen LogP contribution in [0, 0.1) is 20.8 Å². The monoisotopic (exact) mass is 355 g/mol. The average molecular weight is 355 g/mol. The molecule has 0 saturated heterocycles. The molecule has 134 valence electrons. The molecule has 4 heteroatoms. The predicted molar refractivity (Wildman–Crippen MR) is 112 cm³/mol. The van der Waals surface area contributed by atoms with Gasteiger partial charge in [0.1, 0.15) is 0 Å². The van der Waals surface area contributed by atoms with Crippen molar-refractivity contribution in [2.75, 3.05) is 0 Å². The van der Waals surface area contributed by atoms with E-state index in [1.807, 2.05) is 68.4 Å². The molecule has 0 bridgehead atoms. The summed E-state index contributed by atoms with van der Waals surface area (Å²) in [5.41, 5.74) is 5.27. The van der Waals surface area contributed by atoms with Gasteiger partial charge in [0.15, 0.2) is 0 Å². The molecule has 0 unspecified atom stereocenters. The van der Waals surface area contributed by atoms with Gasteiger partial charge in [-0.1, -0.05) is 54.1 Å². The van der Waals surface area contributed by atoms with Crippen LogP contribution < -0.4 is 5.56 Å². The van der Waals surface area contributed by atoms with E-state index in [4.69, 9.17) is 0 Å². The maximum absolute atomic E-state index is 13.0. The van der Waals surface area contributed by atoms with Gasteiger partial charge in [-0.05, 0) is 43.9 Å². The second-order valence-corrected chi connectivity index (χ2v) is 6.84. The molecular formula is C23H21N3O. The summed E-state index contributed by atoms with van der Waals surface area (Å²) in [7, 11) is 0. The van der Waals surface area contributed by atoms with Crippen LogP contribution in [-0.2, 0) is 0 Å². The van der Waals surface area contributed by atoms with Gasteiger partial charge in [-0.3, -0.25) is 14.9 Å². The molecule has 4 nitrogen and oxygen atoms in total. The third-order valence-electron chi connectivity index (χ3n) is 4.81. The van der Waals surface area contributed by atoms with Crippen LogP contribution in [0.15, 0.2) is 70.5 Å². The standard InChI is InChI=1S/C23H21N3O/c1-15-11-12-21(16(2)13-15)24-14-20-17(3)25-26(23(20)27)22-10-6-8-18-7-4-5-9-19(18)22/h4-14,25H,1-3H3. The summed E-state index contributed by atoms with van der Waals surface area (Å²) in [5.74, 6) is 0. The molecule has 4 aromatic rings. The molecule has 0 amide bonds. The number of aromatic amines is 1. The molecule has 0 aliphatic carbocycles. The fraction of sp³-hybridized carbons (Fsp3) is 0.130. The second-order valence-electron chi connectivity index (χ2n) is 6.84. The summed E-state index contributed by atoms with van der Waals surface area (Å²) in [5, 5.41) is 5.32. The molecular weight excluding hydrogens is 334 g/mol. The van der Waals surface area contributed by atoms with Crippen molar-refractivity contribution in [2.24, 2.45) is 4.99 Å². The summed E-state index contributed by atoms with van der Waals surface area (Å²) in [6.45, 7) is 5.98. The van der Waals surface area contributed by atoms with E-state index in [-0.39, 0.29) is 5.56 Å². The van der Waals surface area contributed by atoms with Gasteiger partial charge in [0.2, 0.25) is 0 Å². The Hall–Kier alpha value is -3.40. The van der Waals surface area contributed by atoms with Crippen LogP contribution in [0.1, 0.15) is 22.4 Å². The number of aliphatic imine (C=N–C) groups is 1. The minimum atomic E-state index is -0.0997. The smallest absolute Gasteiger partial charge is 0.280 e. The lowest BCUT2D eigenvalue weighted by atomic mass is 10.1. The number of hydrogen-bond donors (Lipinski definition) is 1. The second kappa shape index (κ2) is 6.72. The van der Waals surface area contributed by atoms with Crippen LogP contribution in [0.4, 0.5) is 5.69 Å². The summed E-state index contributed by atoms with van der Waals surface area (Å²) < 4.78 is 1.60. The van der Waals surface area contributed by atoms with Gasteiger partial charge >= 0.3 is 0 Å². The highest BCUT2D eigenvalue weighted by atomic mass is 16.1. The summed E-state index contributed by atoms with van der Waals surface area (Å²) in [6, 6.07) is 20.1. The Bertz CT molecular complexity index is 1220. The van der Waals surface area contributed by atoms with Crippen molar-refractivity contribution in [3.8, 4) is 5.69 Å². The minimum Gasteiger partial charge on any atom is -0.295 e. The molecule has 27 heavy (non-hydrogen) atoms. The topological polar surface area (TPSA) is 50.1 Å². The molecule has 0 atom stereocenters. The number of nitrogens with one attached hydrogen (secondary N) is 1. The molecule has 0 aliphatic heterocycles. The van der Waals surface area contributed by atoms with Crippen molar-refractivity contribution in [3.63, 3.8) is 0 Å². The maximum atomic E-state index is 13.0. The van der Waals surface area contributed by atoms with Crippen molar-refractivity contribution < 1.29 is 0 Å².